The molecule has 110 valence electrons. The van der Waals surface area contributed by atoms with Crippen molar-refractivity contribution in [1.29, 1.82) is 0 Å². The Labute approximate surface area is 113 Å². The number of nitrogens with one attached hydrogen (secondary N) is 2. The van der Waals surface area contributed by atoms with Crippen LogP contribution in [0.1, 0.15) is 39.0 Å². The van der Waals surface area contributed by atoms with Gasteiger partial charge in [-0.1, -0.05) is 19.3 Å². The van der Waals surface area contributed by atoms with Gasteiger partial charge >= 0.3 is 5.97 Å². The molecule has 3 N–H and O–H groups in total. The normalized spacial score (nSPS) is 25.2. The summed E-state index contributed by atoms with van der Waals surface area (Å²) in [6, 6.07) is -0.735. The molecule has 0 radical (unpaired) electrons. The lowest BCUT2D eigenvalue weighted by atomic mass is 10.1. The third-order valence-corrected chi connectivity index (χ3v) is 3.43. The van der Waals surface area contributed by atoms with Gasteiger partial charge in [0.15, 0.2) is 0 Å². The maximum Gasteiger partial charge on any atom is 0.329 e. The molecule has 19 heavy (non-hydrogen) atoms. The van der Waals surface area contributed by atoms with E-state index in [1.54, 1.807) is 0 Å². The molecule has 1 aliphatic rings. The van der Waals surface area contributed by atoms with Crippen LogP contribution in [0.3, 0.4) is 0 Å². The lowest BCUT2D eigenvalue weighted by Gasteiger charge is -2.24. The highest BCUT2D eigenvalue weighted by Crippen LogP contribution is 2.17. The molecule has 1 saturated carbocycles. The first-order chi connectivity index (χ1) is 9.04. The van der Waals surface area contributed by atoms with Crippen LogP contribution in [0.2, 0.25) is 0 Å². The number of hydrogen-bond donors (Lipinski definition) is 3. The van der Waals surface area contributed by atoms with E-state index in [2.05, 4.69) is 15.4 Å². The fourth-order valence-electron chi connectivity index (χ4n) is 2.38. The molecule has 1 aliphatic carbocycles. The Morgan fingerprint density at radius 3 is 2.63 bits per heavy atom. The molecule has 1 fully saturated rings. The SMILES string of the molecule is COC(=O)C(CNC1CCCCCC1O)NC(C)=O. The smallest absolute Gasteiger partial charge is 0.329 e. The number of rotatable bonds is 5. The first kappa shape index (κ1) is 15.9. The number of ether oxygens (including phenoxy) is 1. The Kier molecular flexibility index (Phi) is 6.80. The van der Waals surface area contributed by atoms with Gasteiger partial charge in [-0.25, -0.2) is 4.79 Å². The van der Waals surface area contributed by atoms with Crippen LogP contribution in [-0.2, 0) is 14.3 Å². The van der Waals surface area contributed by atoms with E-state index < -0.39 is 18.1 Å². The largest absolute Gasteiger partial charge is 0.467 e. The zero-order valence-corrected chi connectivity index (χ0v) is 11.6. The van der Waals surface area contributed by atoms with Gasteiger partial charge in [0.05, 0.1) is 13.2 Å². The van der Waals surface area contributed by atoms with Gasteiger partial charge in [-0.3, -0.25) is 4.79 Å². The highest BCUT2D eigenvalue weighted by molar-refractivity contribution is 5.83. The number of hydrogen-bond acceptors (Lipinski definition) is 5. The molecule has 0 spiro atoms. The Bertz CT molecular complexity index is 309. The molecular weight excluding hydrogens is 248 g/mol. The molecule has 0 aromatic heterocycles. The van der Waals surface area contributed by atoms with Crippen LogP contribution in [0.5, 0.6) is 0 Å². The summed E-state index contributed by atoms with van der Waals surface area (Å²) in [6.45, 7) is 1.63. The van der Waals surface area contributed by atoms with Gasteiger partial charge in [0.2, 0.25) is 5.91 Å². The quantitative estimate of drug-likeness (QED) is 0.482. The van der Waals surface area contributed by atoms with Crippen molar-refractivity contribution in [2.75, 3.05) is 13.7 Å². The second kappa shape index (κ2) is 8.12. The van der Waals surface area contributed by atoms with Gasteiger partial charge in [-0.15, -0.1) is 0 Å². The molecule has 6 heteroatoms. The van der Waals surface area contributed by atoms with Crippen LogP contribution in [0.25, 0.3) is 0 Å². The number of esters is 1. The average Bonchev–Trinajstić information content (AvgIpc) is 2.58. The summed E-state index contributed by atoms with van der Waals surface area (Å²) in [4.78, 5) is 22.6. The molecule has 6 nitrogen and oxygen atoms in total. The van der Waals surface area contributed by atoms with E-state index in [0.29, 0.717) is 0 Å². The van der Waals surface area contributed by atoms with Gasteiger partial charge in [0.1, 0.15) is 6.04 Å². The Balaban J connectivity index is 2.49. The van der Waals surface area contributed by atoms with Gasteiger partial charge in [-0.05, 0) is 12.8 Å². The number of methoxy groups -OCH3 is 1. The molecule has 0 saturated heterocycles. The van der Waals surface area contributed by atoms with Crippen LogP contribution in [-0.4, -0.2) is 48.8 Å². The summed E-state index contributed by atoms with van der Waals surface area (Å²) >= 11 is 0. The molecule has 3 unspecified atom stereocenters. The summed E-state index contributed by atoms with van der Waals surface area (Å²) in [5, 5.41) is 15.7. The maximum atomic E-state index is 11.5. The molecule has 0 aliphatic heterocycles. The van der Waals surface area contributed by atoms with Crippen LogP contribution < -0.4 is 10.6 Å². The minimum atomic E-state index is -0.710. The predicted molar refractivity (Wildman–Crippen MR) is 70.5 cm³/mol. The van der Waals surface area contributed by atoms with Gasteiger partial charge in [0.25, 0.3) is 0 Å². The number of carbonyl (C=O) groups is 2. The highest BCUT2D eigenvalue weighted by Gasteiger charge is 2.25. The molecular formula is C13H24N2O4. The van der Waals surface area contributed by atoms with Crippen molar-refractivity contribution in [3.63, 3.8) is 0 Å². The predicted octanol–water partition coefficient (Wildman–Crippen LogP) is -0.0527. The minimum absolute atomic E-state index is 0.0246. The summed E-state index contributed by atoms with van der Waals surface area (Å²) in [5.74, 6) is -0.760. The van der Waals surface area contributed by atoms with Crippen LogP contribution in [0, 0.1) is 0 Å². The highest BCUT2D eigenvalue weighted by atomic mass is 16.5. The van der Waals surface area contributed by atoms with E-state index in [0.717, 1.165) is 32.1 Å². The number of amides is 1. The third kappa shape index (κ3) is 5.57. The fraction of sp³-hybridized carbons (Fsp3) is 0.846. The van der Waals surface area contributed by atoms with E-state index in [1.807, 2.05) is 0 Å². The van der Waals surface area contributed by atoms with Gasteiger partial charge in [-0.2, -0.15) is 0 Å². The zero-order chi connectivity index (χ0) is 14.3. The summed E-state index contributed by atoms with van der Waals surface area (Å²) < 4.78 is 4.65. The average molecular weight is 272 g/mol. The lowest BCUT2D eigenvalue weighted by molar-refractivity contribution is -0.144. The van der Waals surface area contributed by atoms with Crippen LogP contribution >= 0.6 is 0 Å². The summed E-state index contributed by atoms with van der Waals surface area (Å²) in [7, 11) is 1.29. The molecule has 0 bridgehead atoms. The van der Waals surface area contributed by atoms with Crippen molar-refractivity contribution in [2.45, 2.75) is 57.2 Å². The number of aliphatic hydroxyl groups is 1. The van der Waals surface area contributed by atoms with E-state index in [9.17, 15) is 14.7 Å². The van der Waals surface area contributed by atoms with Crippen molar-refractivity contribution >= 4 is 11.9 Å². The van der Waals surface area contributed by atoms with Crippen LogP contribution in [0.4, 0.5) is 0 Å². The Hall–Kier alpha value is -1.14. The second-order valence-electron chi connectivity index (χ2n) is 5.00. The van der Waals surface area contributed by atoms with Crippen molar-refractivity contribution in [3.8, 4) is 0 Å². The van der Waals surface area contributed by atoms with E-state index in [-0.39, 0.29) is 18.5 Å². The van der Waals surface area contributed by atoms with E-state index in [4.69, 9.17) is 0 Å². The Morgan fingerprint density at radius 2 is 2.00 bits per heavy atom. The molecule has 0 aromatic carbocycles. The van der Waals surface area contributed by atoms with Crippen molar-refractivity contribution in [1.82, 2.24) is 10.6 Å². The van der Waals surface area contributed by atoms with E-state index >= 15 is 0 Å². The van der Waals surface area contributed by atoms with Crippen molar-refractivity contribution < 1.29 is 19.4 Å². The summed E-state index contributed by atoms with van der Waals surface area (Å²) in [6.07, 6.45) is 4.50. The third-order valence-electron chi connectivity index (χ3n) is 3.43. The monoisotopic (exact) mass is 272 g/mol. The molecule has 1 amide bonds. The number of aliphatic hydroxyl groups excluding tert-OH is 1. The second-order valence-corrected chi connectivity index (χ2v) is 5.00. The molecule has 3 atom stereocenters. The number of carbonyl (C=O) groups excluding carboxylic acids is 2. The molecule has 0 aromatic rings. The van der Waals surface area contributed by atoms with Crippen molar-refractivity contribution in [3.05, 3.63) is 0 Å². The minimum Gasteiger partial charge on any atom is -0.467 e. The van der Waals surface area contributed by atoms with Crippen molar-refractivity contribution in [2.24, 2.45) is 0 Å². The maximum absolute atomic E-state index is 11.5. The summed E-state index contributed by atoms with van der Waals surface area (Å²) in [5.41, 5.74) is 0. The molecule has 1 rings (SSSR count). The van der Waals surface area contributed by atoms with E-state index in [1.165, 1.54) is 14.0 Å². The topological polar surface area (TPSA) is 87.7 Å². The Morgan fingerprint density at radius 1 is 1.32 bits per heavy atom. The standard InChI is InChI=1S/C13H24N2O4/c1-9(16)15-11(13(18)19-2)8-14-10-6-4-3-5-7-12(10)17/h10-12,14,17H,3-8H2,1-2H3,(H,15,16). The first-order valence-corrected chi connectivity index (χ1v) is 6.81. The van der Waals surface area contributed by atoms with Crippen LogP contribution in [0.15, 0.2) is 0 Å². The van der Waals surface area contributed by atoms with Gasteiger partial charge in [0, 0.05) is 19.5 Å². The lowest BCUT2D eigenvalue weighted by Crippen LogP contribution is -2.51. The van der Waals surface area contributed by atoms with Gasteiger partial charge < -0.3 is 20.5 Å². The first-order valence-electron chi connectivity index (χ1n) is 6.81. The fourth-order valence-corrected chi connectivity index (χ4v) is 2.38. The zero-order valence-electron chi connectivity index (χ0n) is 11.6. The molecule has 0 heterocycles.